The van der Waals surface area contributed by atoms with Crippen LogP contribution in [0.3, 0.4) is 0 Å². The minimum atomic E-state index is 0.704. The van der Waals surface area contributed by atoms with E-state index in [2.05, 4.69) is 10.2 Å². The van der Waals surface area contributed by atoms with Crippen molar-refractivity contribution >= 4 is 28.2 Å². The van der Waals surface area contributed by atoms with Crippen LogP contribution in [0.4, 0.5) is 5.69 Å². The fraction of sp³-hybridized carbons (Fsp3) is 0. The number of H-pyrrole nitrogens is 1. The third-order valence-corrected chi connectivity index (χ3v) is 3.00. The van der Waals surface area contributed by atoms with Gasteiger partial charge in [-0.15, -0.1) is 0 Å². The van der Waals surface area contributed by atoms with Crippen molar-refractivity contribution in [1.82, 2.24) is 10.2 Å². The zero-order valence-corrected chi connectivity index (χ0v) is 9.70. The molecular formula is C13H10ClN3. The van der Waals surface area contributed by atoms with Crippen molar-refractivity contribution in [3.05, 3.63) is 47.5 Å². The summed E-state index contributed by atoms with van der Waals surface area (Å²) in [6.45, 7) is 0. The maximum absolute atomic E-state index is 5.88. The summed E-state index contributed by atoms with van der Waals surface area (Å²) in [7, 11) is 0. The van der Waals surface area contributed by atoms with Gasteiger partial charge in [0, 0.05) is 16.0 Å². The van der Waals surface area contributed by atoms with Gasteiger partial charge in [-0.3, -0.25) is 5.10 Å². The zero-order chi connectivity index (χ0) is 11.8. The number of aromatic nitrogens is 2. The van der Waals surface area contributed by atoms with Gasteiger partial charge in [0.25, 0.3) is 0 Å². The van der Waals surface area contributed by atoms with E-state index in [0.29, 0.717) is 10.7 Å². The molecule has 0 radical (unpaired) electrons. The Balaban J connectivity index is 2.24. The van der Waals surface area contributed by atoms with E-state index in [0.717, 1.165) is 22.2 Å². The van der Waals surface area contributed by atoms with Crippen LogP contribution < -0.4 is 5.73 Å². The normalized spacial score (nSPS) is 10.9. The number of halogens is 1. The van der Waals surface area contributed by atoms with Gasteiger partial charge in [-0.25, -0.2) is 0 Å². The van der Waals surface area contributed by atoms with E-state index in [4.69, 9.17) is 17.3 Å². The third kappa shape index (κ3) is 1.65. The van der Waals surface area contributed by atoms with Gasteiger partial charge in [-0.1, -0.05) is 35.9 Å². The molecule has 0 aliphatic rings. The Kier molecular flexibility index (Phi) is 2.27. The minimum Gasteiger partial charge on any atom is -0.397 e. The minimum absolute atomic E-state index is 0.704. The van der Waals surface area contributed by atoms with Crippen LogP contribution in [-0.4, -0.2) is 10.2 Å². The lowest BCUT2D eigenvalue weighted by Gasteiger charge is -1.98. The second-order valence-corrected chi connectivity index (χ2v) is 4.29. The number of benzene rings is 2. The Hall–Kier alpha value is -2.00. The molecule has 4 heteroatoms. The van der Waals surface area contributed by atoms with Crippen LogP contribution in [0.15, 0.2) is 42.5 Å². The Morgan fingerprint density at radius 3 is 2.59 bits per heavy atom. The van der Waals surface area contributed by atoms with E-state index in [9.17, 15) is 0 Å². The summed E-state index contributed by atoms with van der Waals surface area (Å²) in [5.41, 5.74) is 9.37. The largest absolute Gasteiger partial charge is 0.397 e. The zero-order valence-electron chi connectivity index (χ0n) is 8.94. The molecule has 0 aliphatic heterocycles. The molecule has 3 nitrogen and oxygen atoms in total. The van der Waals surface area contributed by atoms with Crippen LogP contribution in [0, 0.1) is 0 Å². The summed E-state index contributed by atoms with van der Waals surface area (Å²) >= 11 is 5.87. The van der Waals surface area contributed by atoms with Gasteiger partial charge >= 0.3 is 0 Å². The number of hydrogen-bond donors (Lipinski definition) is 2. The standard InChI is InChI=1S/C13H10ClN3/c14-9-6-4-8(5-7-9)12-10-2-1-3-11(15)13(10)17-16-12/h1-7H,15H2,(H,16,17). The first-order valence-corrected chi connectivity index (χ1v) is 5.62. The van der Waals surface area contributed by atoms with Gasteiger partial charge in [0.1, 0.15) is 0 Å². The number of fused-ring (bicyclic) bond motifs is 1. The van der Waals surface area contributed by atoms with Gasteiger partial charge in [0.2, 0.25) is 0 Å². The van der Waals surface area contributed by atoms with Crippen molar-refractivity contribution < 1.29 is 0 Å². The molecular weight excluding hydrogens is 234 g/mol. The predicted octanol–water partition coefficient (Wildman–Crippen LogP) is 3.47. The molecule has 0 spiro atoms. The number of nitrogen functional groups attached to an aromatic ring is 1. The second kappa shape index (κ2) is 3.79. The maximum atomic E-state index is 5.88. The molecule has 1 aromatic heterocycles. The molecule has 0 amide bonds. The van der Waals surface area contributed by atoms with Crippen molar-refractivity contribution in [3.8, 4) is 11.3 Å². The number of rotatable bonds is 1. The first-order valence-electron chi connectivity index (χ1n) is 5.24. The summed E-state index contributed by atoms with van der Waals surface area (Å²) < 4.78 is 0. The van der Waals surface area contributed by atoms with Crippen LogP contribution in [0.1, 0.15) is 0 Å². The maximum Gasteiger partial charge on any atom is 0.1000 e. The molecule has 0 aliphatic carbocycles. The van der Waals surface area contributed by atoms with Gasteiger partial charge in [0.05, 0.1) is 16.9 Å². The summed E-state index contributed by atoms with van der Waals surface area (Å²) in [6, 6.07) is 13.4. The summed E-state index contributed by atoms with van der Waals surface area (Å²) in [6.07, 6.45) is 0. The molecule has 3 aromatic rings. The fourth-order valence-electron chi connectivity index (χ4n) is 1.89. The number of hydrogen-bond acceptors (Lipinski definition) is 2. The topological polar surface area (TPSA) is 54.7 Å². The Bertz CT molecular complexity index is 671. The molecule has 1 heterocycles. The van der Waals surface area contributed by atoms with Gasteiger partial charge in [0.15, 0.2) is 0 Å². The molecule has 3 rings (SSSR count). The highest BCUT2D eigenvalue weighted by Crippen LogP contribution is 2.29. The Morgan fingerprint density at radius 1 is 1.06 bits per heavy atom. The van der Waals surface area contributed by atoms with Crippen LogP contribution in [-0.2, 0) is 0 Å². The molecule has 0 bridgehead atoms. The van der Waals surface area contributed by atoms with Crippen LogP contribution >= 0.6 is 11.6 Å². The lowest BCUT2D eigenvalue weighted by molar-refractivity contribution is 1.12. The highest BCUT2D eigenvalue weighted by Gasteiger charge is 2.09. The van der Waals surface area contributed by atoms with Crippen molar-refractivity contribution in [3.63, 3.8) is 0 Å². The summed E-state index contributed by atoms with van der Waals surface area (Å²) in [5, 5.41) is 9.01. The SMILES string of the molecule is Nc1cccc2c(-c3ccc(Cl)cc3)n[nH]c12. The van der Waals surface area contributed by atoms with E-state index in [1.807, 2.05) is 42.5 Å². The van der Waals surface area contributed by atoms with E-state index >= 15 is 0 Å². The lowest BCUT2D eigenvalue weighted by Crippen LogP contribution is -1.84. The molecule has 0 atom stereocenters. The van der Waals surface area contributed by atoms with Crippen LogP contribution in [0.5, 0.6) is 0 Å². The van der Waals surface area contributed by atoms with Crippen LogP contribution in [0.25, 0.3) is 22.2 Å². The summed E-state index contributed by atoms with van der Waals surface area (Å²) in [5.74, 6) is 0. The van der Waals surface area contributed by atoms with E-state index in [1.54, 1.807) is 0 Å². The van der Waals surface area contributed by atoms with Gasteiger partial charge in [-0.2, -0.15) is 5.10 Å². The molecule has 0 unspecified atom stereocenters. The average Bonchev–Trinajstić information content (AvgIpc) is 2.75. The monoisotopic (exact) mass is 243 g/mol. The molecule has 84 valence electrons. The summed E-state index contributed by atoms with van der Waals surface area (Å²) in [4.78, 5) is 0. The molecule has 17 heavy (non-hydrogen) atoms. The number of para-hydroxylation sites is 1. The number of anilines is 1. The smallest absolute Gasteiger partial charge is 0.1000 e. The van der Waals surface area contributed by atoms with Crippen molar-refractivity contribution in [2.24, 2.45) is 0 Å². The number of nitrogens with two attached hydrogens (primary N) is 1. The lowest BCUT2D eigenvalue weighted by atomic mass is 10.1. The Morgan fingerprint density at radius 2 is 1.82 bits per heavy atom. The van der Waals surface area contributed by atoms with Gasteiger partial charge < -0.3 is 5.73 Å². The number of aromatic amines is 1. The first-order chi connectivity index (χ1) is 8.25. The molecule has 2 aromatic carbocycles. The van der Waals surface area contributed by atoms with E-state index in [1.165, 1.54) is 0 Å². The highest BCUT2D eigenvalue weighted by molar-refractivity contribution is 6.30. The van der Waals surface area contributed by atoms with Crippen molar-refractivity contribution in [2.45, 2.75) is 0 Å². The molecule has 0 saturated carbocycles. The molecule has 0 fully saturated rings. The first kappa shape index (κ1) is 10.2. The fourth-order valence-corrected chi connectivity index (χ4v) is 2.02. The highest BCUT2D eigenvalue weighted by atomic mass is 35.5. The predicted molar refractivity (Wildman–Crippen MR) is 71.0 cm³/mol. The van der Waals surface area contributed by atoms with Crippen molar-refractivity contribution in [2.75, 3.05) is 5.73 Å². The second-order valence-electron chi connectivity index (χ2n) is 3.85. The van der Waals surface area contributed by atoms with E-state index in [-0.39, 0.29) is 0 Å². The molecule has 0 saturated heterocycles. The molecule has 3 N–H and O–H groups in total. The Labute approximate surface area is 103 Å². The van der Waals surface area contributed by atoms with Crippen molar-refractivity contribution in [1.29, 1.82) is 0 Å². The van der Waals surface area contributed by atoms with E-state index < -0.39 is 0 Å². The number of nitrogens with one attached hydrogen (secondary N) is 1. The van der Waals surface area contributed by atoms with Gasteiger partial charge in [-0.05, 0) is 18.2 Å². The average molecular weight is 244 g/mol. The van der Waals surface area contributed by atoms with Crippen LogP contribution in [0.2, 0.25) is 5.02 Å². The number of nitrogens with zero attached hydrogens (tertiary/aromatic N) is 1. The third-order valence-electron chi connectivity index (χ3n) is 2.75. The quantitative estimate of drug-likeness (QED) is 0.643.